The Labute approximate surface area is 98.4 Å². The second kappa shape index (κ2) is 3.44. The zero-order chi connectivity index (χ0) is 11.3. The Hall–Kier alpha value is -0.110. The summed E-state index contributed by atoms with van der Waals surface area (Å²) in [5.41, 5.74) is 0.935. The largest absolute Gasteiger partial charge is 0.282 e. The van der Waals surface area contributed by atoms with Crippen molar-refractivity contribution < 1.29 is 4.79 Å². The zero-order valence-corrected chi connectivity index (χ0v) is 10.8. The van der Waals surface area contributed by atoms with Gasteiger partial charge in [-0.05, 0) is 61.0 Å². The van der Waals surface area contributed by atoms with E-state index in [0.29, 0.717) is 17.3 Å². The molecule has 0 spiro atoms. The van der Waals surface area contributed by atoms with E-state index in [2.05, 4.69) is 33.4 Å². The van der Waals surface area contributed by atoms with Crippen LogP contribution in [0.2, 0.25) is 0 Å². The van der Waals surface area contributed by atoms with Gasteiger partial charge < -0.3 is 0 Å². The van der Waals surface area contributed by atoms with Crippen molar-refractivity contribution in [3.63, 3.8) is 0 Å². The van der Waals surface area contributed by atoms with Gasteiger partial charge in [0.1, 0.15) is 0 Å². The van der Waals surface area contributed by atoms with Gasteiger partial charge in [-0.3, -0.25) is 4.79 Å². The van der Waals surface area contributed by atoms with Gasteiger partial charge in [0.15, 0.2) is 0 Å². The van der Waals surface area contributed by atoms with Crippen LogP contribution in [0.1, 0.15) is 52.9 Å². The van der Waals surface area contributed by atoms with Crippen molar-refractivity contribution in [2.75, 3.05) is 0 Å². The number of rotatable bonds is 3. The van der Waals surface area contributed by atoms with Crippen LogP contribution >= 0.6 is 12.6 Å². The molecule has 2 heteroatoms. The minimum atomic E-state index is -0.0563. The summed E-state index contributed by atoms with van der Waals surface area (Å²) in [4.78, 5) is 10.9. The van der Waals surface area contributed by atoms with E-state index in [1.165, 1.54) is 19.3 Å². The molecular formula is C13H21OS. The van der Waals surface area contributed by atoms with Crippen LogP contribution in [0, 0.1) is 22.7 Å². The summed E-state index contributed by atoms with van der Waals surface area (Å²) in [5.74, 6) is 1.62. The van der Waals surface area contributed by atoms with E-state index in [1.54, 1.807) is 0 Å². The smallest absolute Gasteiger partial charge is 0.218 e. The Morgan fingerprint density at radius 2 is 2.07 bits per heavy atom. The lowest BCUT2D eigenvalue weighted by Gasteiger charge is -2.39. The standard InChI is InChI=1S/C13H21OS/c1-12(2)9-6-7-13(12,3)10(8-9)4-5-11(14)15/h9-10H,4-8H2,1-3H3. The third kappa shape index (κ3) is 1.52. The van der Waals surface area contributed by atoms with Gasteiger partial charge in [-0.2, -0.15) is 0 Å². The summed E-state index contributed by atoms with van der Waals surface area (Å²) in [7, 11) is 0. The topological polar surface area (TPSA) is 17.1 Å². The third-order valence-corrected chi connectivity index (χ3v) is 5.88. The molecule has 85 valence electrons. The maximum atomic E-state index is 10.9. The Kier molecular flexibility index (Phi) is 2.61. The molecule has 0 amide bonds. The van der Waals surface area contributed by atoms with Crippen LogP contribution < -0.4 is 0 Å². The molecule has 2 aliphatic rings. The average Bonchev–Trinajstić information content (AvgIpc) is 2.46. The molecule has 2 fully saturated rings. The van der Waals surface area contributed by atoms with Crippen LogP contribution in [0.15, 0.2) is 0 Å². The van der Waals surface area contributed by atoms with Gasteiger partial charge in [0.25, 0.3) is 0 Å². The highest BCUT2D eigenvalue weighted by molar-refractivity contribution is 7.96. The molecule has 15 heavy (non-hydrogen) atoms. The van der Waals surface area contributed by atoms with E-state index >= 15 is 0 Å². The van der Waals surface area contributed by atoms with Crippen LogP contribution in [0.25, 0.3) is 0 Å². The Bertz CT molecular complexity index is 284. The SMILES string of the molecule is CC1(C)C2CCC1(C)C(CCC(=O)[S])C2. The van der Waals surface area contributed by atoms with Crippen LogP contribution in [-0.4, -0.2) is 5.12 Å². The summed E-state index contributed by atoms with van der Waals surface area (Å²) in [6.07, 6.45) is 5.70. The highest BCUT2D eigenvalue weighted by Gasteiger charge is 2.60. The van der Waals surface area contributed by atoms with Gasteiger partial charge in [0.05, 0.1) is 0 Å². The second-order valence-electron chi connectivity index (χ2n) is 6.22. The van der Waals surface area contributed by atoms with Crippen LogP contribution in [0.4, 0.5) is 0 Å². The molecule has 2 saturated carbocycles. The molecule has 2 aliphatic carbocycles. The first-order valence-corrected chi connectivity index (χ1v) is 6.48. The summed E-state index contributed by atoms with van der Waals surface area (Å²) < 4.78 is 0. The molecule has 1 radical (unpaired) electrons. The average molecular weight is 225 g/mol. The van der Waals surface area contributed by atoms with E-state index in [1.807, 2.05) is 0 Å². The third-order valence-electron chi connectivity index (χ3n) is 5.67. The van der Waals surface area contributed by atoms with Crippen molar-refractivity contribution >= 4 is 17.7 Å². The molecule has 0 aliphatic heterocycles. The molecule has 1 nitrogen and oxygen atoms in total. The van der Waals surface area contributed by atoms with Gasteiger partial charge in [0, 0.05) is 6.42 Å². The molecule has 2 bridgehead atoms. The van der Waals surface area contributed by atoms with Crippen molar-refractivity contribution in [2.45, 2.75) is 52.9 Å². The molecule has 0 aromatic carbocycles. The summed E-state index contributed by atoms with van der Waals surface area (Å²) in [5, 5.41) is -0.0563. The number of carbonyl (C=O) groups excluding carboxylic acids is 1. The maximum absolute atomic E-state index is 10.9. The predicted molar refractivity (Wildman–Crippen MR) is 64.6 cm³/mol. The highest BCUT2D eigenvalue weighted by atomic mass is 32.1. The lowest BCUT2D eigenvalue weighted by atomic mass is 9.66. The normalized spacial score (nSPS) is 42.1. The van der Waals surface area contributed by atoms with E-state index in [0.717, 1.165) is 18.3 Å². The first-order chi connectivity index (χ1) is 6.88. The molecule has 0 heterocycles. The molecule has 0 N–H and O–H groups in total. The van der Waals surface area contributed by atoms with Crippen LogP contribution in [0.3, 0.4) is 0 Å². The van der Waals surface area contributed by atoms with Gasteiger partial charge in [-0.25, -0.2) is 0 Å². The van der Waals surface area contributed by atoms with Gasteiger partial charge in [-0.1, -0.05) is 20.8 Å². The van der Waals surface area contributed by atoms with Crippen molar-refractivity contribution in [1.29, 1.82) is 0 Å². The Morgan fingerprint density at radius 3 is 2.47 bits per heavy atom. The molecule has 2 rings (SSSR count). The lowest BCUT2D eigenvalue weighted by molar-refractivity contribution is -0.111. The zero-order valence-electron chi connectivity index (χ0n) is 10.0. The van der Waals surface area contributed by atoms with Gasteiger partial charge >= 0.3 is 0 Å². The van der Waals surface area contributed by atoms with Crippen molar-refractivity contribution in [1.82, 2.24) is 0 Å². The fourth-order valence-electron chi connectivity index (χ4n) is 4.10. The number of fused-ring (bicyclic) bond motifs is 2. The Balaban J connectivity index is 2.09. The molecule has 0 aromatic rings. The second-order valence-corrected chi connectivity index (χ2v) is 6.67. The van der Waals surface area contributed by atoms with Crippen LogP contribution in [-0.2, 0) is 4.79 Å². The number of carbonyl (C=O) groups is 1. The Morgan fingerprint density at radius 1 is 1.40 bits per heavy atom. The first-order valence-electron chi connectivity index (χ1n) is 6.08. The molecular weight excluding hydrogens is 204 g/mol. The molecule has 0 saturated heterocycles. The highest BCUT2D eigenvalue weighted by Crippen LogP contribution is 2.68. The predicted octanol–water partition coefficient (Wildman–Crippen LogP) is 3.95. The van der Waals surface area contributed by atoms with Crippen molar-refractivity contribution in [3.05, 3.63) is 0 Å². The minimum Gasteiger partial charge on any atom is -0.282 e. The summed E-state index contributed by atoms with van der Waals surface area (Å²) in [6.45, 7) is 7.26. The summed E-state index contributed by atoms with van der Waals surface area (Å²) in [6, 6.07) is 0. The van der Waals surface area contributed by atoms with Gasteiger partial charge in [-0.15, -0.1) is 0 Å². The van der Waals surface area contributed by atoms with E-state index in [-0.39, 0.29) is 5.12 Å². The fraction of sp³-hybridized carbons (Fsp3) is 0.923. The fourth-order valence-corrected chi connectivity index (χ4v) is 4.22. The first kappa shape index (κ1) is 11.4. The number of hydrogen-bond acceptors (Lipinski definition) is 1. The maximum Gasteiger partial charge on any atom is 0.218 e. The van der Waals surface area contributed by atoms with Crippen LogP contribution in [0.5, 0.6) is 0 Å². The summed E-state index contributed by atoms with van der Waals surface area (Å²) >= 11 is 4.65. The van der Waals surface area contributed by atoms with E-state index in [9.17, 15) is 4.79 Å². The lowest BCUT2D eigenvalue weighted by Crippen LogP contribution is -2.32. The van der Waals surface area contributed by atoms with Crippen molar-refractivity contribution in [3.8, 4) is 0 Å². The van der Waals surface area contributed by atoms with Gasteiger partial charge in [0.2, 0.25) is 5.12 Å². The quantitative estimate of drug-likeness (QED) is 0.710. The molecule has 0 aromatic heterocycles. The van der Waals surface area contributed by atoms with E-state index in [4.69, 9.17) is 0 Å². The molecule has 3 atom stereocenters. The monoisotopic (exact) mass is 225 g/mol. The minimum absolute atomic E-state index is 0.0563. The van der Waals surface area contributed by atoms with E-state index < -0.39 is 0 Å². The molecule has 3 unspecified atom stereocenters. The van der Waals surface area contributed by atoms with Crippen molar-refractivity contribution in [2.24, 2.45) is 22.7 Å². The number of hydrogen-bond donors (Lipinski definition) is 0.